The van der Waals surface area contributed by atoms with E-state index in [0.29, 0.717) is 28.5 Å². The molecule has 5 rings (SSSR count). The molecule has 178 valence electrons. The Morgan fingerprint density at radius 1 is 0.971 bits per heavy atom. The predicted octanol–water partition coefficient (Wildman–Crippen LogP) is 5.77. The quantitative estimate of drug-likeness (QED) is 0.276. The normalized spacial score (nSPS) is 12.6. The van der Waals surface area contributed by atoms with E-state index < -0.39 is 0 Å². The SMILES string of the molecule is CC[C@H](C)c1ccc(-n2c(=O)c3ccccc3n3c(=S)n(CN(C)Cc4ccccc4)nc23)cc1. The summed E-state index contributed by atoms with van der Waals surface area (Å²) in [6.45, 7) is 5.66. The highest BCUT2D eigenvalue weighted by atomic mass is 32.1. The minimum Gasteiger partial charge on any atom is -0.283 e. The molecule has 0 amide bonds. The standard InChI is InChI=1S/C28H29N5OS/c1-4-20(2)22-14-16-23(17-15-22)32-26(34)24-12-8-9-13-25(24)33-27(32)29-31(28(33)35)19-30(3)18-21-10-6-5-7-11-21/h5-17,20H,4,18-19H2,1-3H3/t20-/m0/s1. The van der Waals surface area contributed by atoms with Gasteiger partial charge in [-0.05, 0) is 67.0 Å². The lowest BCUT2D eigenvalue weighted by molar-refractivity contribution is 0.244. The summed E-state index contributed by atoms with van der Waals surface area (Å²) in [4.78, 5) is 15.8. The van der Waals surface area contributed by atoms with Crippen LogP contribution in [0.3, 0.4) is 0 Å². The Kier molecular flexibility index (Phi) is 6.36. The Labute approximate surface area is 209 Å². The Bertz CT molecular complexity index is 1600. The van der Waals surface area contributed by atoms with Crippen molar-refractivity contribution in [1.29, 1.82) is 0 Å². The average Bonchev–Trinajstić information content (AvgIpc) is 3.20. The molecule has 0 aliphatic heterocycles. The van der Waals surface area contributed by atoms with Crippen LogP contribution in [0.1, 0.15) is 37.3 Å². The minimum atomic E-state index is -0.103. The first kappa shape index (κ1) is 23.2. The first-order valence-corrected chi connectivity index (χ1v) is 12.3. The number of hydrogen-bond acceptors (Lipinski definition) is 4. The topological polar surface area (TPSA) is 47.5 Å². The highest BCUT2D eigenvalue weighted by Gasteiger charge is 2.18. The van der Waals surface area contributed by atoms with Crippen molar-refractivity contribution in [3.8, 4) is 5.69 Å². The molecule has 0 bridgehead atoms. The molecule has 0 saturated carbocycles. The van der Waals surface area contributed by atoms with Crippen LogP contribution in [0.25, 0.3) is 22.4 Å². The molecule has 3 aromatic carbocycles. The highest BCUT2D eigenvalue weighted by Crippen LogP contribution is 2.22. The van der Waals surface area contributed by atoms with E-state index in [1.54, 1.807) is 9.25 Å². The van der Waals surface area contributed by atoms with Crippen molar-refractivity contribution in [1.82, 2.24) is 23.6 Å². The van der Waals surface area contributed by atoms with Crippen LogP contribution in [-0.4, -0.2) is 30.7 Å². The number of para-hydroxylation sites is 1. The Balaban J connectivity index is 1.65. The van der Waals surface area contributed by atoms with Crippen molar-refractivity contribution in [3.63, 3.8) is 0 Å². The van der Waals surface area contributed by atoms with Crippen LogP contribution >= 0.6 is 12.2 Å². The zero-order valence-electron chi connectivity index (χ0n) is 20.3. The van der Waals surface area contributed by atoms with Gasteiger partial charge >= 0.3 is 0 Å². The zero-order chi connectivity index (χ0) is 24.5. The van der Waals surface area contributed by atoms with Crippen LogP contribution in [0, 0.1) is 4.77 Å². The van der Waals surface area contributed by atoms with E-state index in [4.69, 9.17) is 17.3 Å². The fraction of sp³-hybridized carbons (Fsp3) is 0.250. The number of hydrogen-bond donors (Lipinski definition) is 0. The van der Waals surface area contributed by atoms with Crippen molar-refractivity contribution in [2.24, 2.45) is 0 Å². The van der Waals surface area contributed by atoms with Gasteiger partial charge in [0.1, 0.15) is 0 Å². The molecule has 0 N–H and O–H groups in total. The Morgan fingerprint density at radius 3 is 2.37 bits per heavy atom. The van der Waals surface area contributed by atoms with Gasteiger partial charge in [0.2, 0.25) is 10.5 Å². The summed E-state index contributed by atoms with van der Waals surface area (Å²) >= 11 is 5.88. The maximum absolute atomic E-state index is 13.7. The molecule has 0 radical (unpaired) electrons. The fourth-order valence-corrected chi connectivity index (χ4v) is 4.78. The molecule has 0 aliphatic carbocycles. The van der Waals surface area contributed by atoms with Gasteiger partial charge in [-0.25, -0.2) is 9.25 Å². The lowest BCUT2D eigenvalue weighted by Crippen LogP contribution is -2.23. The highest BCUT2D eigenvalue weighted by molar-refractivity contribution is 7.71. The van der Waals surface area contributed by atoms with Gasteiger partial charge < -0.3 is 0 Å². The second kappa shape index (κ2) is 9.60. The number of rotatable bonds is 7. The molecule has 5 aromatic rings. The van der Waals surface area contributed by atoms with Gasteiger partial charge in [-0.15, -0.1) is 5.10 Å². The Morgan fingerprint density at radius 2 is 1.66 bits per heavy atom. The summed E-state index contributed by atoms with van der Waals surface area (Å²) in [6.07, 6.45) is 1.07. The number of aromatic nitrogens is 4. The maximum Gasteiger partial charge on any atom is 0.267 e. The smallest absolute Gasteiger partial charge is 0.267 e. The van der Waals surface area contributed by atoms with Crippen LogP contribution < -0.4 is 5.56 Å². The summed E-state index contributed by atoms with van der Waals surface area (Å²) in [5, 5.41) is 5.46. The van der Waals surface area contributed by atoms with E-state index in [1.165, 1.54) is 11.1 Å². The third-order valence-electron chi connectivity index (χ3n) is 6.60. The van der Waals surface area contributed by atoms with Crippen molar-refractivity contribution >= 4 is 28.9 Å². The molecular weight excluding hydrogens is 454 g/mol. The molecule has 0 unspecified atom stereocenters. The molecule has 2 heterocycles. The van der Waals surface area contributed by atoms with E-state index in [9.17, 15) is 4.79 Å². The lowest BCUT2D eigenvalue weighted by Gasteiger charge is -2.16. The first-order valence-electron chi connectivity index (χ1n) is 11.9. The summed E-state index contributed by atoms with van der Waals surface area (Å²) in [5.74, 6) is 0.980. The summed E-state index contributed by atoms with van der Waals surface area (Å²) in [6, 6.07) is 26.1. The summed E-state index contributed by atoms with van der Waals surface area (Å²) < 4.78 is 5.93. The molecular formula is C28H29N5OS. The van der Waals surface area contributed by atoms with E-state index in [0.717, 1.165) is 24.2 Å². The number of benzene rings is 3. The molecule has 0 fully saturated rings. The fourth-order valence-electron chi connectivity index (χ4n) is 4.50. The molecule has 0 aliphatic rings. The van der Waals surface area contributed by atoms with Crippen LogP contribution in [-0.2, 0) is 13.2 Å². The second-order valence-corrected chi connectivity index (χ2v) is 9.48. The predicted molar refractivity (Wildman–Crippen MR) is 144 cm³/mol. The summed E-state index contributed by atoms with van der Waals surface area (Å²) in [7, 11) is 2.04. The molecule has 0 saturated heterocycles. The number of nitrogens with zero attached hydrogens (tertiary/aromatic N) is 5. The first-order chi connectivity index (χ1) is 17.0. The van der Waals surface area contributed by atoms with Crippen molar-refractivity contribution in [3.05, 3.63) is 105 Å². The van der Waals surface area contributed by atoms with E-state index in [2.05, 4.69) is 43.0 Å². The van der Waals surface area contributed by atoms with Crippen LogP contribution in [0.15, 0.2) is 83.7 Å². The Hall–Kier alpha value is -3.55. The monoisotopic (exact) mass is 483 g/mol. The van der Waals surface area contributed by atoms with Gasteiger partial charge in [-0.3, -0.25) is 14.1 Å². The minimum absolute atomic E-state index is 0.103. The van der Waals surface area contributed by atoms with Crippen LogP contribution in [0.5, 0.6) is 0 Å². The molecule has 2 aromatic heterocycles. The van der Waals surface area contributed by atoms with E-state index >= 15 is 0 Å². The maximum atomic E-state index is 13.7. The number of fused-ring (bicyclic) bond motifs is 3. The zero-order valence-corrected chi connectivity index (χ0v) is 21.1. The van der Waals surface area contributed by atoms with E-state index in [1.807, 2.05) is 66.0 Å². The lowest BCUT2D eigenvalue weighted by atomic mass is 9.98. The van der Waals surface area contributed by atoms with Gasteiger partial charge in [0, 0.05) is 6.54 Å². The summed E-state index contributed by atoms with van der Waals surface area (Å²) in [5.41, 5.74) is 3.92. The molecule has 7 heteroatoms. The van der Waals surface area contributed by atoms with Gasteiger partial charge in [0.05, 0.1) is 23.3 Å². The third-order valence-corrected chi connectivity index (χ3v) is 7.00. The molecule has 6 nitrogen and oxygen atoms in total. The second-order valence-electron chi connectivity index (χ2n) is 9.12. The van der Waals surface area contributed by atoms with Gasteiger partial charge in [-0.1, -0.05) is 68.4 Å². The third kappa shape index (κ3) is 4.33. The van der Waals surface area contributed by atoms with Gasteiger partial charge in [-0.2, -0.15) is 0 Å². The average molecular weight is 484 g/mol. The van der Waals surface area contributed by atoms with Crippen molar-refractivity contribution in [2.75, 3.05) is 7.05 Å². The van der Waals surface area contributed by atoms with E-state index in [-0.39, 0.29) is 5.56 Å². The molecule has 0 spiro atoms. The van der Waals surface area contributed by atoms with Gasteiger partial charge in [0.15, 0.2) is 0 Å². The largest absolute Gasteiger partial charge is 0.283 e. The van der Waals surface area contributed by atoms with Gasteiger partial charge in [0.25, 0.3) is 5.56 Å². The molecule has 35 heavy (non-hydrogen) atoms. The van der Waals surface area contributed by atoms with Crippen molar-refractivity contribution in [2.45, 2.75) is 39.4 Å². The van der Waals surface area contributed by atoms with Crippen molar-refractivity contribution < 1.29 is 0 Å². The molecule has 1 atom stereocenters. The van der Waals surface area contributed by atoms with Crippen LogP contribution in [0.2, 0.25) is 0 Å². The van der Waals surface area contributed by atoms with Crippen LogP contribution in [0.4, 0.5) is 0 Å².